The fourth-order valence-corrected chi connectivity index (χ4v) is 4.05. The van der Waals surface area contributed by atoms with E-state index in [1.165, 1.54) is 10.7 Å². The standard InChI is InChI=1S/C24H24FN5O2/c1-16(2)15-30-23(31)18-7-4-3-6-17(18)22(27-30)24(32)29-12-10-28(11-13-29)21-9-5-8-20(25)19(21)14-26/h3-9,16H,10-13,15H2,1-2H3. The average Bonchev–Trinajstić information content (AvgIpc) is 2.80. The zero-order chi connectivity index (χ0) is 22.8. The van der Waals surface area contributed by atoms with Gasteiger partial charge in [-0.2, -0.15) is 10.4 Å². The Bertz CT molecular complexity index is 1270. The van der Waals surface area contributed by atoms with Crippen molar-refractivity contribution in [1.29, 1.82) is 5.26 Å². The summed E-state index contributed by atoms with van der Waals surface area (Å²) in [6, 6.07) is 13.5. The van der Waals surface area contributed by atoms with Gasteiger partial charge < -0.3 is 9.80 Å². The molecule has 1 aliphatic heterocycles. The Hall–Kier alpha value is -3.73. The molecule has 0 radical (unpaired) electrons. The molecule has 32 heavy (non-hydrogen) atoms. The van der Waals surface area contributed by atoms with Crippen molar-refractivity contribution < 1.29 is 9.18 Å². The Morgan fingerprint density at radius 2 is 1.78 bits per heavy atom. The van der Waals surface area contributed by atoms with E-state index in [1.54, 1.807) is 41.3 Å². The number of carbonyl (C=O) groups excluding carboxylic acids is 1. The van der Waals surface area contributed by atoms with Gasteiger partial charge in [0, 0.05) is 38.1 Å². The van der Waals surface area contributed by atoms with E-state index in [9.17, 15) is 19.2 Å². The highest BCUT2D eigenvalue weighted by Gasteiger charge is 2.27. The minimum atomic E-state index is -0.549. The molecule has 2 aromatic carbocycles. The molecule has 1 aromatic heterocycles. The SMILES string of the molecule is CC(C)Cn1nc(C(=O)N2CCN(c3cccc(F)c3C#N)CC2)c2ccccc2c1=O. The van der Waals surface area contributed by atoms with Crippen LogP contribution in [0.3, 0.4) is 0 Å². The van der Waals surface area contributed by atoms with E-state index in [-0.39, 0.29) is 28.6 Å². The van der Waals surface area contributed by atoms with Crippen LogP contribution < -0.4 is 10.5 Å². The number of aromatic nitrogens is 2. The molecule has 1 amide bonds. The Morgan fingerprint density at radius 3 is 2.44 bits per heavy atom. The van der Waals surface area contributed by atoms with Crippen molar-refractivity contribution in [2.75, 3.05) is 31.1 Å². The van der Waals surface area contributed by atoms with Gasteiger partial charge in [-0.25, -0.2) is 9.07 Å². The quantitative estimate of drug-likeness (QED) is 0.632. The van der Waals surface area contributed by atoms with E-state index >= 15 is 0 Å². The van der Waals surface area contributed by atoms with Crippen LogP contribution in [-0.4, -0.2) is 46.8 Å². The molecule has 0 spiro atoms. The molecule has 0 N–H and O–H groups in total. The van der Waals surface area contributed by atoms with E-state index in [0.29, 0.717) is 49.2 Å². The minimum Gasteiger partial charge on any atom is -0.367 e. The summed E-state index contributed by atoms with van der Waals surface area (Å²) in [5.41, 5.74) is 0.609. The molecule has 8 heteroatoms. The highest BCUT2D eigenvalue weighted by molar-refractivity contribution is 6.04. The Kier molecular flexibility index (Phi) is 5.91. The first-order valence-electron chi connectivity index (χ1n) is 10.6. The number of nitrogens with zero attached hydrogens (tertiary/aromatic N) is 5. The number of fused-ring (bicyclic) bond motifs is 1. The number of anilines is 1. The lowest BCUT2D eigenvalue weighted by Gasteiger charge is -2.36. The van der Waals surface area contributed by atoms with Crippen molar-refractivity contribution >= 4 is 22.4 Å². The zero-order valence-corrected chi connectivity index (χ0v) is 18.1. The number of amides is 1. The van der Waals surface area contributed by atoms with Gasteiger partial charge in [-0.05, 0) is 24.1 Å². The van der Waals surface area contributed by atoms with Crippen LogP contribution in [0, 0.1) is 23.1 Å². The van der Waals surface area contributed by atoms with Gasteiger partial charge in [0.05, 0.1) is 11.1 Å². The lowest BCUT2D eigenvalue weighted by molar-refractivity contribution is 0.0740. The summed E-state index contributed by atoms with van der Waals surface area (Å²) in [5, 5.41) is 14.8. The third-order valence-electron chi connectivity index (χ3n) is 5.62. The second kappa shape index (κ2) is 8.79. The number of halogens is 1. The molecular formula is C24H24FN5O2. The number of hydrogen-bond donors (Lipinski definition) is 0. The van der Waals surface area contributed by atoms with Crippen molar-refractivity contribution in [3.63, 3.8) is 0 Å². The predicted octanol–water partition coefficient (Wildman–Crippen LogP) is 3.03. The Morgan fingerprint density at radius 1 is 1.09 bits per heavy atom. The number of piperazine rings is 1. The van der Waals surface area contributed by atoms with E-state index in [1.807, 2.05) is 24.8 Å². The zero-order valence-electron chi connectivity index (χ0n) is 18.1. The second-order valence-electron chi connectivity index (χ2n) is 8.30. The molecule has 2 heterocycles. The summed E-state index contributed by atoms with van der Waals surface area (Å²) < 4.78 is 15.4. The molecule has 3 aromatic rings. The van der Waals surface area contributed by atoms with Gasteiger partial charge in [-0.3, -0.25) is 9.59 Å². The molecule has 1 fully saturated rings. The van der Waals surface area contributed by atoms with E-state index in [0.717, 1.165) is 0 Å². The minimum absolute atomic E-state index is 0.0145. The average molecular weight is 433 g/mol. The maximum atomic E-state index is 14.0. The molecule has 0 bridgehead atoms. The predicted molar refractivity (Wildman–Crippen MR) is 120 cm³/mol. The van der Waals surface area contributed by atoms with Crippen LogP contribution in [-0.2, 0) is 6.54 Å². The van der Waals surface area contributed by atoms with Crippen LogP contribution in [0.1, 0.15) is 29.9 Å². The number of carbonyl (C=O) groups is 1. The van der Waals surface area contributed by atoms with Crippen molar-refractivity contribution in [2.45, 2.75) is 20.4 Å². The molecule has 164 valence electrons. The van der Waals surface area contributed by atoms with Gasteiger partial charge >= 0.3 is 0 Å². The summed E-state index contributed by atoms with van der Waals surface area (Å²) in [7, 11) is 0. The summed E-state index contributed by atoms with van der Waals surface area (Å²) in [6.07, 6.45) is 0. The van der Waals surface area contributed by atoms with Crippen LogP contribution >= 0.6 is 0 Å². The number of hydrogen-bond acceptors (Lipinski definition) is 5. The summed E-state index contributed by atoms with van der Waals surface area (Å²) in [6.45, 7) is 6.14. The number of benzene rings is 2. The van der Waals surface area contributed by atoms with Crippen molar-refractivity contribution in [2.24, 2.45) is 5.92 Å². The van der Waals surface area contributed by atoms with Crippen LogP contribution in [0.25, 0.3) is 10.8 Å². The number of nitriles is 1. The number of rotatable bonds is 4. The monoisotopic (exact) mass is 433 g/mol. The fraction of sp³-hybridized carbons (Fsp3) is 0.333. The van der Waals surface area contributed by atoms with Gasteiger partial charge in [-0.1, -0.05) is 38.1 Å². The molecule has 0 saturated carbocycles. The molecule has 0 aliphatic carbocycles. The third-order valence-corrected chi connectivity index (χ3v) is 5.62. The van der Waals surface area contributed by atoms with Crippen LogP contribution in [0.5, 0.6) is 0 Å². The lowest BCUT2D eigenvalue weighted by Crippen LogP contribution is -2.49. The second-order valence-corrected chi connectivity index (χ2v) is 8.30. The fourth-order valence-electron chi connectivity index (χ4n) is 4.05. The van der Waals surface area contributed by atoms with Gasteiger partial charge in [0.1, 0.15) is 17.4 Å². The van der Waals surface area contributed by atoms with Crippen molar-refractivity contribution in [3.05, 3.63) is 69.9 Å². The van der Waals surface area contributed by atoms with Gasteiger partial charge in [0.15, 0.2) is 5.69 Å². The molecule has 0 unspecified atom stereocenters. The molecule has 0 atom stereocenters. The van der Waals surface area contributed by atoms with Crippen LogP contribution in [0.15, 0.2) is 47.3 Å². The Labute approximate surface area is 185 Å². The molecular weight excluding hydrogens is 409 g/mol. The van der Waals surface area contributed by atoms with Crippen LogP contribution in [0.4, 0.5) is 10.1 Å². The largest absolute Gasteiger partial charge is 0.367 e. The van der Waals surface area contributed by atoms with E-state index in [2.05, 4.69) is 5.10 Å². The molecule has 1 saturated heterocycles. The first-order valence-corrected chi connectivity index (χ1v) is 10.6. The highest BCUT2D eigenvalue weighted by Crippen LogP contribution is 2.24. The summed E-state index contributed by atoms with van der Waals surface area (Å²) in [4.78, 5) is 29.8. The van der Waals surface area contributed by atoms with Crippen LogP contribution in [0.2, 0.25) is 0 Å². The topological polar surface area (TPSA) is 82.2 Å². The first-order chi connectivity index (χ1) is 15.4. The summed E-state index contributed by atoms with van der Waals surface area (Å²) >= 11 is 0. The lowest BCUT2D eigenvalue weighted by atomic mass is 10.1. The molecule has 7 nitrogen and oxygen atoms in total. The van der Waals surface area contributed by atoms with E-state index in [4.69, 9.17) is 0 Å². The maximum Gasteiger partial charge on any atom is 0.275 e. The normalized spacial score (nSPS) is 14.1. The smallest absolute Gasteiger partial charge is 0.275 e. The molecule has 1 aliphatic rings. The van der Waals surface area contributed by atoms with Gasteiger partial charge in [0.2, 0.25) is 0 Å². The Balaban J connectivity index is 1.62. The molecule has 4 rings (SSSR count). The van der Waals surface area contributed by atoms with E-state index < -0.39 is 5.82 Å². The van der Waals surface area contributed by atoms with Gasteiger partial charge in [-0.15, -0.1) is 0 Å². The van der Waals surface area contributed by atoms with Gasteiger partial charge in [0.25, 0.3) is 11.5 Å². The highest BCUT2D eigenvalue weighted by atomic mass is 19.1. The third kappa shape index (κ3) is 3.94. The van der Waals surface area contributed by atoms with Crippen molar-refractivity contribution in [3.8, 4) is 6.07 Å². The first kappa shape index (κ1) is 21.5. The maximum absolute atomic E-state index is 14.0. The van der Waals surface area contributed by atoms with Crippen molar-refractivity contribution in [1.82, 2.24) is 14.7 Å². The summed E-state index contributed by atoms with van der Waals surface area (Å²) in [5.74, 6) is -0.585.